The third-order valence-electron chi connectivity index (χ3n) is 5.87. The summed E-state index contributed by atoms with van der Waals surface area (Å²) in [4.78, 5) is 36.8. The predicted molar refractivity (Wildman–Crippen MR) is 130 cm³/mol. The first-order valence-electron chi connectivity index (χ1n) is 11.4. The molecule has 1 heterocycles. The molecule has 0 aliphatic rings. The van der Waals surface area contributed by atoms with Gasteiger partial charge in [-0.3, -0.25) is 4.79 Å². The quantitative estimate of drug-likeness (QED) is 0.454. The number of aryl methyl sites for hydroxylation is 2. The molecule has 0 saturated heterocycles. The summed E-state index contributed by atoms with van der Waals surface area (Å²) < 4.78 is 11.5. The molecule has 0 aliphatic carbocycles. The molecule has 180 valence electrons. The Bertz CT molecular complexity index is 1250. The lowest BCUT2D eigenvalue weighted by Gasteiger charge is -2.21. The lowest BCUT2D eigenvalue weighted by Crippen LogP contribution is -2.46. The third-order valence-corrected chi connectivity index (χ3v) is 5.87. The van der Waals surface area contributed by atoms with Gasteiger partial charge in [-0.15, -0.1) is 0 Å². The van der Waals surface area contributed by atoms with E-state index in [1.165, 1.54) is 0 Å². The van der Waals surface area contributed by atoms with Gasteiger partial charge in [-0.1, -0.05) is 44.2 Å². The van der Waals surface area contributed by atoms with Crippen LogP contribution in [-0.2, 0) is 16.0 Å². The highest BCUT2D eigenvalue weighted by Gasteiger charge is 2.25. The molecule has 7 heteroatoms. The fourth-order valence-corrected chi connectivity index (χ4v) is 3.93. The highest BCUT2D eigenvalue weighted by atomic mass is 16.5. The number of nitrogens with one attached hydrogen (secondary N) is 1. The van der Waals surface area contributed by atoms with E-state index in [4.69, 9.17) is 9.15 Å². The van der Waals surface area contributed by atoms with Crippen LogP contribution in [-0.4, -0.2) is 29.1 Å². The zero-order chi connectivity index (χ0) is 25.0. The first-order valence-corrected chi connectivity index (χ1v) is 11.4. The summed E-state index contributed by atoms with van der Waals surface area (Å²) in [5.74, 6) is -1.11. The summed E-state index contributed by atoms with van der Waals surface area (Å²) in [7, 11) is 0. The summed E-state index contributed by atoms with van der Waals surface area (Å²) in [5.41, 5.74) is 3.06. The van der Waals surface area contributed by atoms with Crippen molar-refractivity contribution in [2.24, 2.45) is 5.92 Å². The van der Waals surface area contributed by atoms with Crippen LogP contribution in [0.3, 0.4) is 0 Å². The molecule has 0 bridgehead atoms. The first kappa shape index (κ1) is 25.0. The molecular weight excluding hydrogens is 434 g/mol. The van der Waals surface area contributed by atoms with E-state index in [0.717, 1.165) is 16.5 Å². The van der Waals surface area contributed by atoms with E-state index in [2.05, 4.69) is 5.32 Å². The van der Waals surface area contributed by atoms with Gasteiger partial charge in [-0.2, -0.15) is 0 Å². The lowest BCUT2D eigenvalue weighted by molar-refractivity contribution is -0.143. The molecule has 7 nitrogen and oxygen atoms in total. The van der Waals surface area contributed by atoms with Crippen LogP contribution in [0.2, 0.25) is 0 Å². The second-order valence-electron chi connectivity index (χ2n) is 9.01. The van der Waals surface area contributed by atoms with Crippen LogP contribution in [0.4, 0.5) is 0 Å². The van der Waals surface area contributed by atoms with Crippen molar-refractivity contribution in [2.45, 2.75) is 59.6 Å². The number of hydrogen-bond acceptors (Lipinski definition) is 5. The van der Waals surface area contributed by atoms with Crippen LogP contribution in [0, 0.1) is 19.8 Å². The summed E-state index contributed by atoms with van der Waals surface area (Å²) in [6.45, 7) is 9.00. The fourth-order valence-electron chi connectivity index (χ4n) is 3.93. The number of benzene rings is 2. The Hall–Kier alpha value is -3.61. The summed E-state index contributed by atoms with van der Waals surface area (Å²) >= 11 is 0. The summed E-state index contributed by atoms with van der Waals surface area (Å²) in [6, 6.07) is 12.3. The van der Waals surface area contributed by atoms with Gasteiger partial charge in [-0.05, 0) is 56.4 Å². The van der Waals surface area contributed by atoms with Gasteiger partial charge in [0.15, 0.2) is 6.10 Å². The highest BCUT2D eigenvalue weighted by molar-refractivity contribution is 5.87. The van der Waals surface area contributed by atoms with E-state index >= 15 is 0 Å². The number of amides is 1. The fraction of sp³-hybridized carbons (Fsp3) is 0.370. The number of aliphatic carboxylic acids is 1. The third kappa shape index (κ3) is 5.65. The zero-order valence-electron chi connectivity index (χ0n) is 20.2. The topological polar surface area (TPSA) is 106 Å². The van der Waals surface area contributed by atoms with Crippen LogP contribution in [0.25, 0.3) is 11.0 Å². The zero-order valence-corrected chi connectivity index (χ0v) is 20.2. The van der Waals surface area contributed by atoms with Crippen LogP contribution in [0.15, 0.2) is 51.7 Å². The molecule has 0 aliphatic heterocycles. The van der Waals surface area contributed by atoms with Gasteiger partial charge in [0.05, 0.1) is 0 Å². The Morgan fingerprint density at radius 3 is 2.32 bits per heavy atom. The molecule has 0 radical (unpaired) electrons. The van der Waals surface area contributed by atoms with E-state index in [9.17, 15) is 19.5 Å². The molecule has 0 unspecified atom stereocenters. The Morgan fingerprint density at radius 1 is 1.03 bits per heavy atom. The van der Waals surface area contributed by atoms with E-state index < -0.39 is 29.6 Å². The molecule has 1 amide bonds. The van der Waals surface area contributed by atoms with E-state index in [1.54, 1.807) is 19.9 Å². The average Bonchev–Trinajstić information content (AvgIpc) is 2.78. The minimum absolute atomic E-state index is 0.110. The molecule has 3 rings (SSSR count). The van der Waals surface area contributed by atoms with Crippen molar-refractivity contribution in [3.63, 3.8) is 0 Å². The normalized spacial score (nSPS) is 13.0. The molecule has 1 aromatic heterocycles. The van der Waals surface area contributed by atoms with E-state index in [1.807, 2.05) is 57.2 Å². The van der Waals surface area contributed by atoms with Gasteiger partial charge in [0, 0.05) is 22.9 Å². The molecular formula is C27H31NO6. The van der Waals surface area contributed by atoms with Crippen molar-refractivity contribution < 1.29 is 23.8 Å². The second kappa shape index (κ2) is 10.5. The minimum atomic E-state index is -1.08. The molecule has 2 N–H and O–H groups in total. The molecule has 0 saturated carbocycles. The van der Waals surface area contributed by atoms with Gasteiger partial charge in [0.1, 0.15) is 17.4 Å². The number of carboxylic acids is 1. The van der Waals surface area contributed by atoms with Crippen LogP contribution in [0.1, 0.15) is 49.4 Å². The molecule has 0 fully saturated rings. The molecule has 2 atom stereocenters. The van der Waals surface area contributed by atoms with Crippen molar-refractivity contribution in [1.29, 1.82) is 0 Å². The Balaban J connectivity index is 1.85. The highest BCUT2D eigenvalue weighted by Crippen LogP contribution is 2.30. The van der Waals surface area contributed by atoms with Gasteiger partial charge in [0.2, 0.25) is 0 Å². The first-order chi connectivity index (χ1) is 16.1. The van der Waals surface area contributed by atoms with E-state index in [-0.39, 0.29) is 5.92 Å². The van der Waals surface area contributed by atoms with Crippen molar-refractivity contribution >= 4 is 22.8 Å². The monoisotopic (exact) mass is 465 g/mol. The van der Waals surface area contributed by atoms with Crippen molar-refractivity contribution in [2.75, 3.05) is 0 Å². The minimum Gasteiger partial charge on any atom is -0.480 e. The number of carbonyl (C=O) groups is 2. The van der Waals surface area contributed by atoms with Crippen LogP contribution < -0.4 is 15.7 Å². The molecule has 34 heavy (non-hydrogen) atoms. The predicted octanol–water partition coefficient (Wildman–Crippen LogP) is 4.38. The number of rotatable bonds is 9. The Morgan fingerprint density at radius 2 is 1.71 bits per heavy atom. The molecule has 0 spiro atoms. The molecule has 3 aromatic rings. The van der Waals surface area contributed by atoms with Gasteiger partial charge >= 0.3 is 11.6 Å². The number of carbonyl (C=O) groups excluding carboxylic acids is 1. The smallest absolute Gasteiger partial charge is 0.340 e. The van der Waals surface area contributed by atoms with Crippen LogP contribution >= 0.6 is 0 Å². The summed E-state index contributed by atoms with van der Waals surface area (Å²) in [6.07, 6.45) is -0.144. The largest absolute Gasteiger partial charge is 0.480 e. The SMILES string of the molecule is Cc1c(Cc2ccccc2)c(=O)oc2c(C)c(O[C@@H](C)C(=O)N[C@H](CC(C)C)C(=O)O)ccc12. The van der Waals surface area contributed by atoms with Crippen molar-refractivity contribution in [1.82, 2.24) is 5.32 Å². The number of carboxylic acid groups (broad SMARTS) is 1. The van der Waals surface area contributed by atoms with Gasteiger partial charge in [0.25, 0.3) is 5.91 Å². The van der Waals surface area contributed by atoms with E-state index in [0.29, 0.717) is 35.3 Å². The van der Waals surface area contributed by atoms with Gasteiger partial charge < -0.3 is 19.6 Å². The Labute approximate surface area is 198 Å². The Kier molecular flexibility index (Phi) is 7.76. The maximum absolute atomic E-state index is 12.8. The van der Waals surface area contributed by atoms with Crippen molar-refractivity contribution in [3.8, 4) is 5.75 Å². The lowest BCUT2D eigenvalue weighted by atomic mass is 9.98. The average molecular weight is 466 g/mol. The van der Waals surface area contributed by atoms with Crippen LogP contribution in [0.5, 0.6) is 5.75 Å². The number of hydrogen-bond donors (Lipinski definition) is 2. The maximum Gasteiger partial charge on any atom is 0.340 e. The number of fused-ring (bicyclic) bond motifs is 1. The second-order valence-corrected chi connectivity index (χ2v) is 9.01. The van der Waals surface area contributed by atoms with Crippen molar-refractivity contribution in [3.05, 3.63) is 75.1 Å². The number of ether oxygens (including phenoxy) is 1. The maximum atomic E-state index is 12.8. The molecule has 2 aromatic carbocycles. The standard InChI is InChI=1S/C27H31NO6/c1-15(2)13-22(26(30)31)28-25(29)18(5)33-23-12-11-20-16(3)21(14-19-9-7-6-8-10-19)27(32)34-24(20)17(23)4/h6-12,15,18,22H,13-14H2,1-5H3,(H,28,29)(H,30,31)/t18-,22+/m0/s1. The summed E-state index contributed by atoms with van der Waals surface area (Å²) in [5, 5.41) is 12.7. The van der Waals surface area contributed by atoms with Gasteiger partial charge in [-0.25, -0.2) is 9.59 Å².